The molecule has 0 spiro atoms. The molecule has 0 aliphatic carbocycles. The molecule has 11 heteroatoms. The Morgan fingerprint density at radius 1 is 0.395 bits per heavy atom. The number of carbonyl (C=O) groups is 2. The fourth-order valence-electron chi connectivity index (χ4n) is 3.08. The number of unbranched alkanes of at least 4 members (excludes halogenated alkanes) is 6. The van der Waals surface area contributed by atoms with Gasteiger partial charge in [0.15, 0.2) is 0 Å². The second-order valence-corrected chi connectivity index (χ2v) is 9.08. The van der Waals surface area contributed by atoms with Crippen molar-refractivity contribution >= 4 is 11.9 Å². The van der Waals surface area contributed by atoms with Crippen LogP contribution in [-0.4, -0.2) is 118 Å². The molecule has 0 fully saturated rings. The van der Waals surface area contributed by atoms with Crippen LogP contribution in [0.25, 0.3) is 0 Å². The Morgan fingerprint density at radius 2 is 0.651 bits per heavy atom. The molecule has 0 bridgehead atoms. The molecule has 0 aromatic rings. The highest BCUT2D eigenvalue weighted by Crippen LogP contribution is 1.97. The molecule has 0 aliphatic heterocycles. The lowest BCUT2D eigenvalue weighted by atomic mass is 10.2. The summed E-state index contributed by atoms with van der Waals surface area (Å²) in [6.45, 7) is 10.7. The normalized spacial score (nSPS) is 10.5. The first-order chi connectivity index (χ1) is 21.2. The molecule has 0 saturated carbocycles. The van der Waals surface area contributed by atoms with Gasteiger partial charge in [0.25, 0.3) is 0 Å². The van der Waals surface area contributed by atoms with E-state index in [-0.39, 0.29) is 13.2 Å². The number of hydrogen-bond donors (Lipinski definition) is 0. The second kappa shape index (κ2) is 36.0. The molecule has 0 amide bonds. The van der Waals surface area contributed by atoms with Gasteiger partial charge in [-0.1, -0.05) is 51.4 Å². The summed E-state index contributed by atoms with van der Waals surface area (Å²) < 4.78 is 47.8. The van der Waals surface area contributed by atoms with Crippen molar-refractivity contribution in [2.24, 2.45) is 0 Å². The third-order valence-corrected chi connectivity index (χ3v) is 5.35. The van der Waals surface area contributed by atoms with E-state index >= 15 is 0 Å². The Balaban J connectivity index is 3.20. The van der Waals surface area contributed by atoms with Crippen LogP contribution in [0.1, 0.15) is 65.2 Å². The van der Waals surface area contributed by atoms with E-state index in [0.717, 1.165) is 51.4 Å². The van der Waals surface area contributed by atoms with E-state index < -0.39 is 11.9 Å². The van der Waals surface area contributed by atoms with E-state index in [1.165, 1.54) is 0 Å². The quantitative estimate of drug-likeness (QED) is 0.0513. The number of rotatable bonds is 30. The van der Waals surface area contributed by atoms with Crippen LogP contribution in [0, 0.1) is 23.7 Å². The average Bonchev–Trinajstić information content (AvgIpc) is 3.00. The standard InChI is InChI=1S/C32H54O11/c1-3-5-7-9-11-13-31(33)42-29-27-40-25-23-38-21-19-36-17-15-35-16-18-37-20-22-39-24-26-41-28-30-43-32(34)14-12-10-8-6-4-2/h3-10,15-30H2,1-2H3. The minimum atomic E-state index is -0.512. The lowest BCUT2D eigenvalue weighted by molar-refractivity contribution is -0.139. The van der Waals surface area contributed by atoms with Gasteiger partial charge in [0.2, 0.25) is 0 Å². The molecule has 11 nitrogen and oxygen atoms in total. The molecule has 0 heterocycles. The second-order valence-electron chi connectivity index (χ2n) is 9.08. The lowest BCUT2D eigenvalue weighted by Crippen LogP contribution is -2.15. The van der Waals surface area contributed by atoms with Crippen molar-refractivity contribution in [2.75, 3.05) is 106 Å². The molecule has 0 unspecified atom stereocenters. The molecule has 248 valence electrons. The van der Waals surface area contributed by atoms with Gasteiger partial charge in [0.05, 0.1) is 92.5 Å². The molecule has 0 radical (unpaired) electrons. The summed E-state index contributed by atoms with van der Waals surface area (Å²) in [4.78, 5) is 22.8. The Hall–Kier alpha value is -2.22. The van der Waals surface area contributed by atoms with Crippen LogP contribution in [0.4, 0.5) is 0 Å². The molecule has 0 aromatic heterocycles. The Kier molecular flexibility index (Phi) is 34.1. The van der Waals surface area contributed by atoms with Crippen LogP contribution in [0.5, 0.6) is 0 Å². The molecule has 0 aromatic carbocycles. The SMILES string of the molecule is CCCCCC#CC(=O)OCCOCCOCCOCCOCCOCCOCCOCCOC(=O)C#CCCCCC. The van der Waals surface area contributed by atoms with Crippen LogP contribution in [0.15, 0.2) is 0 Å². The summed E-state index contributed by atoms with van der Waals surface area (Å²) in [5, 5.41) is 0. The summed E-state index contributed by atoms with van der Waals surface area (Å²) in [5.41, 5.74) is 0. The van der Waals surface area contributed by atoms with Crippen molar-refractivity contribution in [3.05, 3.63) is 0 Å². The van der Waals surface area contributed by atoms with Gasteiger partial charge in [-0.05, 0) is 12.8 Å². The minimum absolute atomic E-state index is 0.179. The van der Waals surface area contributed by atoms with Gasteiger partial charge in [0.1, 0.15) is 13.2 Å². The van der Waals surface area contributed by atoms with E-state index in [1.807, 2.05) is 0 Å². The summed E-state index contributed by atoms with van der Waals surface area (Å²) >= 11 is 0. The minimum Gasteiger partial charge on any atom is -0.454 e. The Morgan fingerprint density at radius 3 is 0.907 bits per heavy atom. The van der Waals surface area contributed by atoms with Crippen molar-refractivity contribution in [2.45, 2.75) is 65.2 Å². The smallest absolute Gasteiger partial charge is 0.384 e. The summed E-state index contributed by atoms with van der Waals surface area (Å²) in [6.07, 6.45) is 7.95. The van der Waals surface area contributed by atoms with Crippen molar-refractivity contribution < 1.29 is 52.2 Å². The van der Waals surface area contributed by atoms with Crippen molar-refractivity contribution in [1.29, 1.82) is 0 Å². The maximum Gasteiger partial charge on any atom is 0.384 e. The first-order valence-electron chi connectivity index (χ1n) is 15.6. The van der Waals surface area contributed by atoms with E-state index in [9.17, 15) is 9.59 Å². The lowest BCUT2D eigenvalue weighted by Gasteiger charge is -2.08. The van der Waals surface area contributed by atoms with E-state index in [1.54, 1.807) is 0 Å². The molecule has 0 aliphatic rings. The number of esters is 2. The Bertz CT molecular complexity index is 690. The number of hydrogen-bond acceptors (Lipinski definition) is 11. The zero-order chi connectivity index (χ0) is 31.3. The van der Waals surface area contributed by atoms with Crippen molar-refractivity contribution in [1.82, 2.24) is 0 Å². The largest absolute Gasteiger partial charge is 0.454 e. The number of ether oxygens (including phenoxy) is 9. The number of carbonyl (C=O) groups excluding carboxylic acids is 2. The third kappa shape index (κ3) is 35.9. The van der Waals surface area contributed by atoms with Gasteiger partial charge in [-0.15, -0.1) is 0 Å². The third-order valence-electron chi connectivity index (χ3n) is 5.35. The highest BCUT2D eigenvalue weighted by molar-refractivity contribution is 5.88. The molecule has 0 atom stereocenters. The molecular formula is C32H54O11. The van der Waals surface area contributed by atoms with Gasteiger partial charge in [-0.25, -0.2) is 9.59 Å². The molecule has 43 heavy (non-hydrogen) atoms. The predicted molar refractivity (Wildman–Crippen MR) is 161 cm³/mol. The highest BCUT2D eigenvalue weighted by atomic mass is 16.6. The zero-order valence-electron chi connectivity index (χ0n) is 26.5. The zero-order valence-corrected chi connectivity index (χ0v) is 26.5. The van der Waals surface area contributed by atoms with Crippen LogP contribution < -0.4 is 0 Å². The van der Waals surface area contributed by atoms with Gasteiger partial charge >= 0.3 is 11.9 Å². The van der Waals surface area contributed by atoms with Crippen molar-refractivity contribution in [3.63, 3.8) is 0 Å². The van der Waals surface area contributed by atoms with Crippen LogP contribution in [-0.2, 0) is 52.2 Å². The van der Waals surface area contributed by atoms with Crippen LogP contribution in [0.3, 0.4) is 0 Å². The topological polar surface area (TPSA) is 117 Å². The van der Waals surface area contributed by atoms with E-state index in [0.29, 0.717) is 92.5 Å². The maximum absolute atomic E-state index is 11.4. The van der Waals surface area contributed by atoms with Gasteiger partial charge in [-0.2, -0.15) is 0 Å². The van der Waals surface area contributed by atoms with Gasteiger partial charge in [-0.3, -0.25) is 0 Å². The average molecular weight is 615 g/mol. The Labute approximate surface area is 258 Å². The van der Waals surface area contributed by atoms with Gasteiger partial charge in [0, 0.05) is 24.7 Å². The van der Waals surface area contributed by atoms with Crippen molar-refractivity contribution in [3.8, 4) is 23.7 Å². The fraction of sp³-hybridized carbons (Fsp3) is 0.812. The fourth-order valence-corrected chi connectivity index (χ4v) is 3.08. The molecule has 0 N–H and O–H groups in total. The van der Waals surface area contributed by atoms with Gasteiger partial charge < -0.3 is 42.6 Å². The first-order valence-corrected chi connectivity index (χ1v) is 15.6. The van der Waals surface area contributed by atoms with E-state index in [2.05, 4.69) is 37.5 Å². The van der Waals surface area contributed by atoms with E-state index in [4.69, 9.17) is 42.6 Å². The molecular weight excluding hydrogens is 560 g/mol. The van der Waals surface area contributed by atoms with Crippen LogP contribution >= 0.6 is 0 Å². The molecule has 0 saturated heterocycles. The summed E-state index contributed by atoms with van der Waals surface area (Å²) in [7, 11) is 0. The summed E-state index contributed by atoms with van der Waals surface area (Å²) in [6, 6.07) is 0. The monoisotopic (exact) mass is 614 g/mol. The first kappa shape index (κ1) is 40.8. The van der Waals surface area contributed by atoms with Crippen LogP contribution in [0.2, 0.25) is 0 Å². The maximum atomic E-state index is 11.4. The highest BCUT2D eigenvalue weighted by Gasteiger charge is 1.99. The molecule has 0 rings (SSSR count). The predicted octanol–water partition coefficient (Wildman–Crippen LogP) is 3.36. The summed E-state index contributed by atoms with van der Waals surface area (Å²) in [5.74, 6) is 9.56.